The maximum Gasteiger partial charge on any atom is 0.237 e. The number of aromatic nitrogens is 4. The van der Waals surface area contributed by atoms with Gasteiger partial charge < -0.3 is 11.1 Å². The fourth-order valence-corrected chi connectivity index (χ4v) is 3.73. The lowest BCUT2D eigenvalue weighted by atomic mass is 10.2. The zero-order chi connectivity index (χ0) is 20.9. The zero-order valence-corrected chi connectivity index (χ0v) is 17.1. The van der Waals surface area contributed by atoms with Gasteiger partial charge in [-0.3, -0.25) is 14.3 Å². The van der Waals surface area contributed by atoms with E-state index in [1.54, 1.807) is 36.7 Å². The second-order valence-corrected chi connectivity index (χ2v) is 7.90. The molecule has 2 aromatic carbocycles. The van der Waals surface area contributed by atoms with Gasteiger partial charge in [-0.05, 0) is 55.5 Å². The van der Waals surface area contributed by atoms with Crippen molar-refractivity contribution in [3.63, 3.8) is 0 Å². The molecule has 2 heterocycles. The number of anilines is 2. The molecule has 0 fully saturated rings. The normalized spacial score (nSPS) is 11.8. The second-order valence-electron chi connectivity index (χ2n) is 6.59. The summed E-state index contributed by atoms with van der Waals surface area (Å²) >= 11 is 1.34. The van der Waals surface area contributed by atoms with Crippen molar-refractivity contribution in [2.24, 2.45) is 0 Å². The Labute approximate surface area is 178 Å². The van der Waals surface area contributed by atoms with E-state index in [1.807, 2.05) is 54.0 Å². The lowest BCUT2D eigenvalue weighted by molar-refractivity contribution is -0.115. The predicted molar refractivity (Wildman–Crippen MR) is 119 cm³/mol. The summed E-state index contributed by atoms with van der Waals surface area (Å²) in [6.07, 6.45) is 3.46. The standard InChI is InChI=1S/C22H20N6OS/c1-15(21(29)25-18-11-9-17(23)10-12-18)30-22-27-26-20(16-6-5-13-24-14-16)28(22)19-7-3-2-4-8-19/h2-15H,23H2,1H3,(H,25,29)/t15-/m1/s1. The van der Waals surface area contributed by atoms with Crippen LogP contribution in [0.4, 0.5) is 11.4 Å². The highest BCUT2D eigenvalue weighted by molar-refractivity contribution is 8.00. The number of thioether (sulfide) groups is 1. The lowest BCUT2D eigenvalue weighted by Gasteiger charge is -2.14. The van der Waals surface area contributed by atoms with Crippen molar-refractivity contribution in [2.75, 3.05) is 11.1 Å². The maximum absolute atomic E-state index is 12.7. The molecule has 1 atom stereocenters. The van der Waals surface area contributed by atoms with Gasteiger partial charge in [0, 0.05) is 35.0 Å². The van der Waals surface area contributed by atoms with Crippen LogP contribution in [-0.4, -0.2) is 30.9 Å². The van der Waals surface area contributed by atoms with Gasteiger partial charge in [-0.15, -0.1) is 10.2 Å². The van der Waals surface area contributed by atoms with E-state index >= 15 is 0 Å². The third-order valence-corrected chi connectivity index (χ3v) is 5.44. The number of rotatable bonds is 6. The van der Waals surface area contributed by atoms with Crippen LogP contribution in [0.15, 0.2) is 84.3 Å². The van der Waals surface area contributed by atoms with E-state index < -0.39 is 5.25 Å². The molecule has 0 aliphatic rings. The Balaban J connectivity index is 1.61. The quantitative estimate of drug-likeness (QED) is 0.364. The van der Waals surface area contributed by atoms with Crippen LogP contribution >= 0.6 is 11.8 Å². The SMILES string of the molecule is C[C@@H](Sc1nnc(-c2cccnc2)n1-c1ccccc1)C(=O)Nc1ccc(N)cc1. The minimum atomic E-state index is -0.393. The number of para-hydroxylation sites is 1. The Kier molecular flexibility index (Phi) is 5.76. The first-order chi connectivity index (χ1) is 14.6. The first-order valence-corrected chi connectivity index (χ1v) is 10.2. The summed E-state index contributed by atoms with van der Waals surface area (Å²) in [5.74, 6) is 0.540. The highest BCUT2D eigenvalue weighted by Crippen LogP contribution is 2.30. The number of nitrogens with two attached hydrogens (primary N) is 1. The van der Waals surface area contributed by atoms with E-state index in [9.17, 15) is 4.79 Å². The second kappa shape index (κ2) is 8.79. The smallest absolute Gasteiger partial charge is 0.237 e. The fraction of sp³-hybridized carbons (Fsp3) is 0.0909. The van der Waals surface area contributed by atoms with E-state index in [4.69, 9.17) is 5.73 Å². The molecule has 1 amide bonds. The molecule has 2 aromatic heterocycles. The van der Waals surface area contributed by atoms with Crippen molar-refractivity contribution in [3.05, 3.63) is 79.1 Å². The summed E-state index contributed by atoms with van der Waals surface area (Å²) < 4.78 is 1.94. The summed E-state index contributed by atoms with van der Waals surface area (Å²) in [6, 6.07) is 20.7. The fourth-order valence-electron chi connectivity index (χ4n) is 2.86. The Bertz CT molecular complexity index is 1130. The highest BCUT2D eigenvalue weighted by Gasteiger charge is 2.22. The van der Waals surface area contributed by atoms with Gasteiger partial charge in [0.05, 0.1) is 5.25 Å². The largest absolute Gasteiger partial charge is 0.399 e. The first-order valence-electron chi connectivity index (χ1n) is 9.36. The number of hydrogen-bond acceptors (Lipinski definition) is 6. The van der Waals surface area contributed by atoms with Gasteiger partial charge >= 0.3 is 0 Å². The average molecular weight is 417 g/mol. The van der Waals surface area contributed by atoms with E-state index in [0.717, 1.165) is 11.3 Å². The molecule has 0 saturated heterocycles. The molecule has 0 unspecified atom stereocenters. The summed E-state index contributed by atoms with van der Waals surface area (Å²) in [6.45, 7) is 1.84. The van der Waals surface area contributed by atoms with E-state index in [2.05, 4.69) is 20.5 Å². The molecule has 4 aromatic rings. The average Bonchev–Trinajstić information content (AvgIpc) is 3.20. The van der Waals surface area contributed by atoms with Gasteiger partial charge in [0.15, 0.2) is 11.0 Å². The van der Waals surface area contributed by atoms with Crippen LogP contribution in [0.25, 0.3) is 17.1 Å². The van der Waals surface area contributed by atoms with Crippen molar-refractivity contribution < 1.29 is 4.79 Å². The number of hydrogen-bond donors (Lipinski definition) is 2. The van der Waals surface area contributed by atoms with Crippen molar-refractivity contribution in [1.29, 1.82) is 0 Å². The van der Waals surface area contributed by atoms with Crippen LogP contribution in [0.3, 0.4) is 0 Å². The Hall–Kier alpha value is -3.65. The van der Waals surface area contributed by atoms with Crippen molar-refractivity contribution >= 4 is 29.0 Å². The molecule has 4 rings (SSSR count). The molecule has 30 heavy (non-hydrogen) atoms. The summed E-state index contributed by atoms with van der Waals surface area (Å²) in [7, 11) is 0. The van der Waals surface area contributed by atoms with Crippen LogP contribution < -0.4 is 11.1 Å². The first kappa shape index (κ1) is 19.7. The molecule has 0 aliphatic heterocycles. The van der Waals surface area contributed by atoms with E-state index in [-0.39, 0.29) is 5.91 Å². The molecule has 8 heteroatoms. The van der Waals surface area contributed by atoms with Gasteiger partial charge in [-0.25, -0.2) is 0 Å². The molecule has 0 spiro atoms. The zero-order valence-electron chi connectivity index (χ0n) is 16.3. The number of nitrogen functional groups attached to an aromatic ring is 1. The van der Waals surface area contributed by atoms with Crippen LogP contribution in [0.1, 0.15) is 6.92 Å². The van der Waals surface area contributed by atoms with Crippen LogP contribution in [-0.2, 0) is 4.79 Å². The van der Waals surface area contributed by atoms with E-state index in [1.165, 1.54) is 11.8 Å². The van der Waals surface area contributed by atoms with Gasteiger partial charge in [0.1, 0.15) is 0 Å². The van der Waals surface area contributed by atoms with Gasteiger partial charge in [0.2, 0.25) is 5.91 Å². The third-order valence-electron chi connectivity index (χ3n) is 4.40. The summed E-state index contributed by atoms with van der Waals surface area (Å²) in [5.41, 5.74) is 8.81. The molecular formula is C22H20N6OS. The van der Waals surface area contributed by atoms with Gasteiger partial charge in [0.25, 0.3) is 0 Å². The highest BCUT2D eigenvalue weighted by atomic mass is 32.2. The number of carbonyl (C=O) groups excluding carboxylic acids is 1. The summed E-state index contributed by atoms with van der Waals surface area (Å²) in [5, 5.41) is 11.9. The third kappa shape index (κ3) is 4.33. The molecule has 7 nitrogen and oxygen atoms in total. The Morgan fingerprint density at radius 1 is 1.03 bits per heavy atom. The summed E-state index contributed by atoms with van der Waals surface area (Å²) in [4.78, 5) is 16.9. The monoisotopic (exact) mass is 416 g/mol. The van der Waals surface area contributed by atoms with Crippen LogP contribution in [0, 0.1) is 0 Å². The van der Waals surface area contributed by atoms with Crippen molar-refractivity contribution in [1.82, 2.24) is 19.7 Å². The number of nitrogens with one attached hydrogen (secondary N) is 1. The predicted octanol–water partition coefficient (Wildman–Crippen LogP) is 4.03. The Morgan fingerprint density at radius 2 is 1.80 bits per heavy atom. The molecule has 0 radical (unpaired) electrons. The van der Waals surface area contributed by atoms with Crippen molar-refractivity contribution in [3.8, 4) is 17.1 Å². The van der Waals surface area contributed by atoms with Crippen molar-refractivity contribution in [2.45, 2.75) is 17.3 Å². The number of amides is 1. The van der Waals surface area contributed by atoms with Gasteiger partial charge in [-0.2, -0.15) is 0 Å². The molecule has 3 N–H and O–H groups in total. The number of benzene rings is 2. The minimum absolute atomic E-state index is 0.129. The molecule has 150 valence electrons. The van der Waals surface area contributed by atoms with Gasteiger partial charge in [-0.1, -0.05) is 30.0 Å². The molecule has 0 aliphatic carbocycles. The molecule has 0 saturated carbocycles. The topological polar surface area (TPSA) is 98.7 Å². The minimum Gasteiger partial charge on any atom is -0.399 e. The number of pyridine rings is 1. The number of carbonyl (C=O) groups is 1. The van der Waals surface area contributed by atoms with E-state index in [0.29, 0.717) is 22.4 Å². The Morgan fingerprint density at radius 3 is 2.50 bits per heavy atom. The molecule has 0 bridgehead atoms. The lowest BCUT2D eigenvalue weighted by Crippen LogP contribution is -2.22. The van der Waals surface area contributed by atoms with Crippen LogP contribution in [0.2, 0.25) is 0 Å². The number of nitrogens with zero attached hydrogens (tertiary/aromatic N) is 4. The van der Waals surface area contributed by atoms with Crippen LogP contribution in [0.5, 0.6) is 0 Å². The molecular weight excluding hydrogens is 396 g/mol. The maximum atomic E-state index is 12.7.